The van der Waals surface area contributed by atoms with Crippen molar-refractivity contribution >= 4 is 16.7 Å². The summed E-state index contributed by atoms with van der Waals surface area (Å²) in [5, 5.41) is 4.69. The van der Waals surface area contributed by atoms with E-state index in [2.05, 4.69) is 44.5 Å². The smallest absolute Gasteiger partial charge is 0.180 e. The summed E-state index contributed by atoms with van der Waals surface area (Å²) in [6.45, 7) is 1.59. The summed E-state index contributed by atoms with van der Waals surface area (Å²) in [5.74, 6) is 1.54. The van der Waals surface area contributed by atoms with Crippen LogP contribution in [0.4, 0.5) is 5.82 Å². The van der Waals surface area contributed by atoms with E-state index in [0.717, 1.165) is 42.2 Å². The van der Waals surface area contributed by atoms with Gasteiger partial charge in [-0.2, -0.15) is 0 Å². The molecule has 4 aromatic rings. The highest BCUT2D eigenvalue weighted by molar-refractivity contribution is 5.81. The summed E-state index contributed by atoms with van der Waals surface area (Å²) >= 11 is 0. The number of pyridine rings is 2. The Morgan fingerprint density at radius 2 is 1.76 bits per heavy atom. The molecule has 3 aromatic heterocycles. The molecule has 146 valence electrons. The predicted molar refractivity (Wildman–Crippen MR) is 117 cm³/mol. The third-order valence-corrected chi connectivity index (χ3v) is 4.71. The van der Waals surface area contributed by atoms with Crippen LogP contribution in [-0.2, 0) is 13.0 Å². The maximum atomic E-state index is 4.73. The van der Waals surface area contributed by atoms with Crippen LogP contribution >= 0.6 is 0 Å². The first-order valence-electron chi connectivity index (χ1n) is 9.71. The van der Waals surface area contributed by atoms with E-state index < -0.39 is 0 Å². The van der Waals surface area contributed by atoms with Gasteiger partial charge in [0.25, 0.3) is 0 Å². The van der Waals surface area contributed by atoms with Gasteiger partial charge in [0.1, 0.15) is 11.5 Å². The third kappa shape index (κ3) is 4.55. The zero-order chi connectivity index (χ0) is 20.1. The van der Waals surface area contributed by atoms with Crippen molar-refractivity contribution in [1.82, 2.24) is 25.3 Å². The highest BCUT2D eigenvalue weighted by atomic mass is 15.2. The van der Waals surface area contributed by atoms with E-state index in [1.54, 1.807) is 6.20 Å². The molecule has 0 atom stereocenters. The lowest BCUT2D eigenvalue weighted by Crippen LogP contribution is -2.18. The number of para-hydroxylation sites is 1. The molecule has 1 N–H and O–H groups in total. The average Bonchev–Trinajstić information content (AvgIpc) is 2.77. The van der Waals surface area contributed by atoms with E-state index in [1.807, 2.05) is 55.5 Å². The Morgan fingerprint density at radius 3 is 2.59 bits per heavy atom. The molecule has 0 radical (unpaired) electrons. The highest BCUT2D eigenvalue weighted by Crippen LogP contribution is 2.18. The van der Waals surface area contributed by atoms with Crippen LogP contribution in [0.25, 0.3) is 22.4 Å². The average molecular weight is 384 g/mol. The van der Waals surface area contributed by atoms with Gasteiger partial charge >= 0.3 is 0 Å². The number of benzene rings is 1. The zero-order valence-electron chi connectivity index (χ0n) is 16.7. The summed E-state index contributed by atoms with van der Waals surface area (Å²) in [7, 11) is 3.97. The second-order valence-electron chi connectivity index (χ2n) is 7.07. The van der Waals surface area contributed by atoms with Crippen LogP contribution in [0.1, 0.15) is 11.3 Å². The molecule has 6 heteroatoms. The first-order valence-corrected chi connectivity index (χ1v) is 9.71. The number of nitrogens with one attached hydrogen (secondary N) is 1. The van der Waals surface area contributed by atoms with Gasteiger partial charge in [-0.25, -0.2) is 9.97 Å². The summed E-state index contributed by atoms with van der Waals surface area (Å²) in [5.41, 5.74) is 4.03. The molecule has 6 nitrogen and oxygen atoms in total. The Morgan fingerprint density at radius 1 is 0.897 bits per heavy atom. The Bertz CT molecular complexity index is 1090. The Balaban J connectivity index is 1.46. The SMILES string of the molecule is CN(C)c1cc(CCNCc2cccc3cccnc23)nc(-c2ccccn2)n1. The lowest BCUT2D eigenvalue weighted by Gasteiger charge is -2.14. The molecule has 0 aliphatic carbocycles. The predicted octanol–water partition coefficient (Wildman–Crippen LogP) is 3.49. The van der Waals surface area contributed by atoms with E-state index in [-0.39, 0.29) is 0 Å². The molecular weight excluding hydrogens is 360 g/mol. The standard InChI is InChI=1S/C23H24N6/c1-29(2)21-15-19(27-23(28-21)20-10-3-4-12-25-20)11-14-24-16-18-8-5-7-17-9-6-13-26-22(17)18/h3-10,12-13,15,24H,11,14,16H2,1-2H3. The number of fused-ring (bicyclic) bond motifs is 1. The minimum atomic E-state index is 0.657. The number of aromatic nitrogens is 4. The number of hydrogen-bond acceptors (Lipinski definition) is 6. The first-order chi connectivity index (χ1) is 14.2. The Labute approximate surface area is 170 Å². The maximum Gasteiger partial charge on any atom is 0.180 e. The normalized spacial score (nSPS) is 11.0. The van der Waals surface area contributed by atoms with Gasteiger partial charge in [0.05, 0.1) is 5.52 Å². The van der Waals surface area contributed by atoms with E-state index in [4.69, 9.17) is 4.98 Å². The van der Waals surface area contributed by atoms with Crippen LogP contribution in [0, 0.1) is 0 Å². The van der Waals surface area contributed by atoms with Crippen molar-refractivity contribution in [2.45, 2.75) is 13.0 Å². The van der Waals surface area contributed by atoms with Crippen molar-refractivity contribution in [3.8, 4) is 11.5 Å². The second kappa shape index (κ2) is 8.75. The molecule has 0 saturated carbocycles. The Hall–Kier alpha value is -3.38. The van der Waals surface area contributed by atoms with Crippen LogP contribution in [0.2, 0.25) is 0 Å². The first kappa shape index (κ1) is 19.0. The minimum Gasteiger partial charge on any atom is -0.363 e. The van der Waals surface area contributed by atoms with Crippen molar-refractivity contribution in [2.75, 3.05) is 25.5 Å². The van der Waals surface area contributed by atoms with Crippen LogP contribution < -0.4 is 10.2 Å². The van der Waals surface area contributed by atoms with Gasteiger partial charge in [-0.3, -0.25) is 9.97 Å². The molecular formula is C23H24N6. The van der Waals surface area contributed by atoms with Gasteiger partial charge in [-0.15, -0.1) is 0 Å². The molecule has 0 saturated heterocycles. The molecule has 0 aliphatic heterocycles. The lowest BCUT2D eigenvalue weighted by molar-refractivity contribution is 0.681. The molecule has 0 bridgehead atoms. The molecule has 3 heterocycles. The van der Waals surface area contributed by atoms with E-state index in [0.29, 0.717) is 5.82 Å². The van der Waals surface area contributed by atoms with Gasteiger partial charge in [-0.05, 0) is 23.8 Å². The van der Waals surface area contributed by atoms with Crippen LogP contribution in [0.3, 0.4) is 0 Å². The highest BCUT2D eigenvalue weighted by Gasteiger charge is 2.09. The summed E-state index contributed by atoms with van der Waals surface area (Å²) in [6.07, 6.45) is 4.41. The van der Waals surface area contributed by atoms with E-state index in [1.165, 1.54) is 10.9 Å². The van der Waals surface area contributed by atoms with Gasteiger partial charge < -0.3 is 10.2 Å². The molecule has 0 aliphatic rings. The van der Waals surface area contributed by atoms with Crippen LogP contribution in [0.5, 0.6) is 0 Å². The molecule has 1 aromatic carbocycles. The summed E-state index contributed by atoms with van der Waals surface area (Å²) in [4.78, 5) is 20.3. The van der Waals surface area contributed by atoms with Crippen molar-refractivity contribution in [3.05, 3.63) is 78.2 Å². The van der Waals surface area contributed by atoms with Gasteiger partial charge in [0, 0.05) is 63.1 Å². The van der Waals surface area contributed by atoms with Gasteiger partial charge in [0.15, 0.2) is 5.82 Å². The molecule has 0 spiro atoms. The maximum absolute atomic E-state index is 4.73. The van der Waals surface area contributed by atoms with Crippen molar-refractivity contribution in [1.29, 1.82) is 0 Å². The Kier molecular flexibility index (Phi) is 5.72. The van der Waals surface area contributed by atoms with Crippen molar-refractivity contribution in [3.63, 3.8) is 0 Å². The van der Waals surface area contributed by atoms with Crippen molar-refractivity contribution in [2.24, 2.45) is 0 Å². The zero-order valence-corrected chi connectivity index (χ0v) is 16.7. The fourth-order valence-electron chi connectivity index (χ4n) is 3.20. The fourth-order valence-corrected chi connectivity index (χ4v) is 3.20. The van der Waals surface area contributed by atoms with Crippen molar-refractivity contribution < 1.29 is 0 Å². The van der Waals surface area contributed by atoms with Gasteiger partial charge in [-0.1, -0.05) is 30.3 Å². The quantitative estimate of drug-likeness (QED) is 0.492. The van der Waals surface area contributed by atoms with Crippen LogP contribution in [0.15, 0.2) is 67.0 Å². The summed E-state index contributed by atoms with van der Waals surface area (Å²) in [6, 6.07) is 18.2. The molecule has 29 heavy (non-hydrogen) atoms. The van der Waals surface area contributed by atoms with Gasteiger partial charge in [0.2, 0.25) is 0 Å². The lowest BCUT2D eigenvalue weighted by atomic mass is 10.1. The monoisotopic (exact) mass is 384 g/mol. The minimum absolute atomic E-state index is 0.657. The number of anilines is 1. The number of hydrogen-bond donors (Lipinski definition) is 1. The number of nitrogens with zero attached hydrogens (tertiary/aromatic N) is 5. The third-order valence-electron chi connectivity index (χ3n) is 4.71. The fraction of sp³-hybridized carbons (Fsp3) is 0.217. The van der Waals surface area contributed by atoms with E-state index in [9.17, 15) is 0 Å². The largest absolute Gasteiger partial charge is 0.363 e. The molecule has 0 unspecified atom stereocenters. The van der Waals surface area contributed by atoms with Crippen LogP contribution in [-0.4, -0.2) is 40.6 Å². The molecule has 0 amide bonds. The summed E-state index contributed by atoms with van der Waals surface area (Å²) < 4.78 is 0. The topological polar surface area (TPSA) is 66.8 Å². The molecule has 0 fully saturated rings. The molecule has 4 rings (SSSR count). The van der Waals surface area contributed by atoms with E-state index >= 15 is 0 Å². The second-order valence-corrected chi connectivity index (χ2v) is 7.07. The number of rotatable bonds is 7.